The molecule has 1 aliphatic heterocycles. The molecule has 1 amide bonds. The van der Waals surface area contributed by atoms with Gasteiger partial charge in [-0.3, -0.25) is 4.79 Å². The van der Waals surface area contributed by atoms with Gasteiger partial charge in [-0.2, -0.15) is 0 Å². The molecular formula is C19H18N2O2. The number of amides is 1. The van der Waals surface area contributed by atoms with Gasteiger partial charge in [-0.05, 0) is 11.6 Å². The van der Waals surface area contributed by atoms with Gasteiger partial charge in [0.25, 0.3) is 5.91 Å². The van der Waals surface area contributed by atoms with Gasteiger partial charge in [-0.1, -0.05) is 42.5 Å². The number of benzene rings is 2. The van der Waals surface area contributed by atoms with Crippen molar-refractivity contribution in [3.8, 4) is 5.75 Å². The second kappa shape index (κ2) is 5.47. The minimum atomic E-state index is 0.0112. The summed E-state index contributed by atoms with van der Waals surface area (Å²) in [7, 11) is 2.01. The zero-order chi connectivity index (χ0) is 15.8. The summed E-state index contributed by atoms with van der Waals surface area (Å²) < 4.78 is 8.15. The van der Waals surface area contributed by atoms with Gasteiger partial charge in [0.05, 0.1) is 11.1 Å². The molecule has 0 atom stereocenters. The van der Waals surface area contributed by atoms with E-state index < -0.39 is 0 Å². The Morgan fingerprint density at radius 2 is 1.96 bits per heavy atom. The van der Waals surface area contributed by atoms with Crippen molar-refractivity contribution in [1.82, 2.24) is 9.88 Å². The van der Waals surface area contributed by atoms with E-state index in [1.807, 2.05) is 55.6 Å². The van der Waals surface area contributed by atoms with Crippen LogP contribution < -0.4 is 10.1 Å². The number of rotatable bonds is 3. The number of carbonyl (C=O) groups excluding carboxylic acids is 1. The summed E-state index contributed by atoms with van der Waals surface area (Å²) in [6.45, 7) is 1.21. The zero-order valence-electron chi connectivity index (χ0n) is 13.0. The molecule has 0 unspecified atom stereocenters. The van der Waals surface area contributed by atoms with E-state index in [-0.39, 0.29) is 5.91 Å². The molecule has 0 radical (unpaired) electrons. The van der Waals surface area contributed by atoms with Gasteiger partial charge in [-0.25, -0.2) is 0 Å². The first-order valence-electron chi connectivity index (χ1n) is 7.81. The summed E-state index contributed by atoms with van der Waals surface area (Å²) in [6, 6.07) is 16.0. The van der Waals surface area contributed by atoms with E-state index in [9.17, 15) is 4.79 Å². The Morgan fingerprint density at radius 3 is 2.78 bits per heavy atom. The Bertz CT molecular complexity index is 881. The molecule has 23 heavy (non-hydrogen) atoms. The minimum absolute atomic E-state index is 0.0112. The number of carbonyl (C=O) groups is 1. The summed E-state index contributed by atoms with van der Waals surface area (Å²) in [5.41, 5.74) is 3.99. The van der Waals surface area contributed by atoms with E-state index >= 15 is 0 Å². The highest BCUT2D eigenvalue weighted by Gasteiger charge is 2.25. The Balaban J connectivity index is 1.78. The lowest BCUT2D eigenvalue weighted by molar-refractivity contribution is 0.0947. The molecule has 0 spiro atoms. The van der Waals surface area contributed by atoms with Gasteiger partial charge in [-0.15, -0.1) is 0 Å². The molecule has 1 aromatic heterocycles. The highest BCUT2D eigenvalue weighted by atomic mass is 16.5. The zero-order valence-corrected chi connectivity index (χ0v) is 13.0. The molecule has 2 heterocycles. The second-order valence-corrected chi connectivity index (χ2v) is 5.81. The van der Waals surface area contributed by atoms with E-state index in [1.54, 1.807) is 0 Å². The normalized spacial score (nSPS) is 13.7. The average molecular weight is 306 g/mol. The fourth-order valence-electron chi connectivity index (χ4n) is 3.31. The summed E-state index contributed by atoms with van der Waals surface area (Å²) in [4.78, 5) is 12.2. The van der Waals surface area contributed by atoms with Gasteiger partial charge < -0.3 is 14.6 Å². The van der Waals surface area contributed by atoms with Crippen LogP contribution in [0.4, 0.5) is 0 Å². The molecule has 0 saturated heterocycles. The molecule has 116 valence electrons. The number of hydrogen-bond acceptors (Lipinski definition) is 2. The molecule has 0 saturated carbocycles. The quantitative estimate of drug-likeness (QED) is 0.808. The molecule has 4 nitrogen and oxygen atoms in total. The summed E-state index contributed by atoms with van der Waals surface area (Å²) in [5.74, 6) is 0.827. The van der Waals surface area contributed by atoms with Crippen LogP contribution in [0.25, 0.3) is 10.9 Å². The van der Waals surface area contributed by atoms with Crippen molar-refractivity contribution in [3.05, 3.63) is 65.4 Å². The van der Waals surface area contributed by atoms with Crippen LogP contribution in [-0.2, 0) is 20.1 Å². The fraction of sp³-hybridized carbons (Fsp3) is 0.211. The van der Waals surface area contributed by atoms with Gasteiger partial charge in [0.15, 0.2) is 0 Å². The fourth-order valence-corrected chi connectivity index (χ4v) is 3.31. The van der Waals surface area contributed by atoms with Crippen LogP contribution in [0.1, 0.15) is 21.6 Å². The van der Waals surface area contributed by atoms with Crippen molar-refractivity contribution in [2.75, 3.05) is 6.54 Å². The third-order valence-corrected chi connectivity index (χ3v) is 4.41. The second-order valence-electron chi connectivity index (χ2n) is 5.81. The van der Waals surface area contributed by atoms with Crippen LogP contribution in [-0.4, -0.2) is 17.0 Å². The standard InChI is InChI=1S/C19H18N2O2/c1-21-15-10-11-20-19(22)17(15)14-8-5-9-16(18(14)21)23-12-13-6-3-2-4-7-13/h2-9H,10-12H2,1H3,(H,20,22). The molecule has 4 rings (SSSR count). The van der Waals surface area contributed by atoms with Crippen molar-refractivity contribution in [3.63, 3.8) is 0 Å². The first-order valence-corrected chi connectivity index (χ1v) is 7.81. The maximum absolute atomic E-state index is 12.2. The topological polar surface area (TPSA) is 43.3 Å². The first kappa shape index (κ1) is 13.9. The van der Waals surface area contributed by atoms with Crippen LogP contribution in [0.5, 0.6) is 5.75 Å². The molecular weight excluding hydrogens is 288 g/mol. The first-order chi connectivity index (χ1) is 11.3. The lowest BCUT2D eigenvalue weighted by Gasteiger charge is -2.14. The van der Waals surface area contributed by atoms with Crippen LogP contribution >= 0.6 is 0 Å². The van der Waals surface area contributed by atoms with E-state index in [2.05, 4.69) is 9.88 Å². The molecule has 0 fully saturated rings. The van der Waals surface area contributed by atoms with Crippen LogP contribution in [0.15, 0.2) is 48.5 Å². The third-order valence-electron chi connectivity index (χ3n) is 4.41. The molecule has 2 aromatic carbocycles. The summed E-state index contributed by atoms with van der Waals surface area (Å²) in [5, 5.41) is 3.89. The Kier molecular flexibility index (Phi) is 3.30. The molecule has 0 bridgehead atoms. The van der Waals surface area contributed by atoms with Crippen LogP contribution in [0, 0.1) is 0 Å². The molecule has 3 aromatic rings. The van der Waals surface area contributed by atoms with E-state index in [4.69, 9.17) is 4.74 Å². The minimum Gasteiger partial charge on any atom is -0.487 e. The number of hydrogen-bond donors (Lipinski definition) is 1. The van der Waals surface area contributed by atoms with Crippen molar-refractivity contribution in [1.29, 1.82) is 0 Å². The number of fused-ring (bicyclic) bond motifs is 3. The average Bonchev–Trinajstić information content (AvgIpc) is 2.89. The van der Waals surface area contributed by atoms with Gasteiger partial charge in [0.2, 0.25) is 0 Å². The van der Waals surface area contributed by atoms with Gasteiger partial charge in [0, 0.05) is 31.1 Å². The number of ether oxygens (including phenoxy) is 1. The third kappa shape index (κ3) is 2.27. The van der Waals surface area contributed by atoms with Crippen LogP contribution in [0.3, 0.4) is 0 Å². The SMILES string of the molecule is Cn1c2c(c3cccc(OCc4ccccc4)c31)C(=O)NCC2. The lowest BCUT2D eigenvalue weighted by Crippen LogP contribution is -2.32. The highest BCUT2D eigenvalue weighted by molar-refractivity contribution is 6.10. The Labute approximate surface area is 134 Å². The predicted octanol–water partition coefficient (Wildman–Crippen LogP) is 3.04. The van der Waals surface area contributed by atoms with E-state index in [0.717, 1.165) is 39.9 Å². The maximum Gasteiger partial charge on any atom is 0.253 e. The van der Waals surface area contributed by atoms with Gasteiger partial charge >= 0.3 is 0 Å². The summed E-state index contributed by atoms with van der Waals surface area (Å²) >= 11 is 0. The highest BCUT2D eigenvalue weighted by Crippen LogP contribution is 2.34. The number of nitrogens with one attached hydrogen (secondary N) is 1. The number of aromatic nitrogens is 1. The van der Waals surface area contributed by atoms with Crippen molar-refractivity contribution in [2.24, 2.45) is 7.05 Å². The summed E-state index contributed by atoms with van der Waals surface area (Å²) in [6.07, 6.45) is 0.852. The lowest BCUT2D eigenvalue weighted by atomic mass is 10.1. The van der Waals surface area contributed by atoms with Crippen molar-refractivity contribution < 1.29 is 9.53 Å². The smallest absolute Gasteiger partial charge is 0.253 e. The Hall–Kier alpha value is -2.75. The molecule has 1 N–H and O–H groups in total. The van der Waals surface area contributed by atoms with Gasteiger partial charge in [0.1, 0.15) is 12.4 Å². The van der Waals surface area contributed by atoms with E-state index in [1.165, 1.54) is 0 Å². The van der Waals surface area contributed by atoms with Crippen LogP contribution in [0.2, 0.25) is 0 Å². The number of nitrogens with zero attached hydrogens (tertiary/aromatic N) is 1. The van der Waals surface area contributed by atoms with Crippen molar-refractivity contribution >= 4 is 16.8 Å². The van der Waals surface area contributed by atoms with E-state index in [0.29, 0.717) is 13.2 Å². The predicted molar refractivity (Wildman–Crippen MR) is 89.7 cm³/mol. The maximum atomic E-state index is 12.2. The number of para-hydroxylation sites is 1. The Morgan fingerprint density at radius 1 is 1.13 bits per heavy atom. The number of aryl methyl sites for hydroxylation is 1. The largest absolute Gasteiger partial charge is 0.487 e. The van der Waals surface area contributed by atoms with Crippen molar-refractivity contribution in [2.45, 2.75) is 13.0 Å². The monoisotopic (exact) mass is 306 g/mol. The molecule has 1 aliphatic rings. The molecule has 4 heteroatoms. The molecule has 0 aliphatic carbocycles.